The molecule has 0 fully saturated rings. The summed E-state index contributed by atoms with van der Waals surface area (Å²) < 4.78 is 11.1. The number of ketones is 1. The maximum absolute atomic E-state index is 12.7. The predicted molar refractivity (Wildman–Crippen MR) is 76.7 cm³/mol. The van der Waals surface area contributed by atoms with Crippen LogP contribution in [-0.4, -0.2) is 19.0 Å². The van der Waals surface area contributed by atoms with Crippen molar-refractivity contribution < 1.29 is 14.3 Å². The molecule has 20 heavy (non-hydrogen) atoms. The number of benzene rings is 2. The molecule has 102 valence electrons. The highest BCUT2D eigenvalue weighted by Gasteiger charge is 2.23. The quantitative estimate of drug-likeness (QED) is 0.798. The minimum atomic E-state index is -0.0483. The third kappa shape index (κ3) is 2.16. The van der Waals surface area contributed by atoms with Gasteiger partial charge < -0.3 is 9.47 Å². The summed E-state index contributed by atoms with van der Waals surface area (Å²) in [7, 11) is 0. The van der Waals surface area contributed by atoms with Gasteiger partial charge in [-0.1, -0.05) is 24.3 Å². The Morgan fingerprint density at radius 2 is 1.95 bits per heavy atom. The normalized spacial score (nSPS) is 12.7. The van der Waals surface area contributed by atoms with Gasteiger partial charge in [-0.05, 0) is 30.7 Å². The third-order valence-electron chi connectivity index (χ3n) is 3.39. The average molecular weight is 268 g/mol. The molecule has 2 aromatic carbocycles. The fourth-order valence-corrected chi connectivity index (χ4v) is 2.47. The van der Waals surface area contributed by atoms with E-state index in [4.69, 9.17) is 9.47 Å². The minimum absolute atomic E-state index is 0.0483. The van der Waals surface area contributed by atoms with E-state index in [0.29, 0.717) is 30.1 Å². The van der Waals surface area contributed by atoms with Crippen molar-refractivity contribution in [2.45, 2.75) is 13.3 Å². The zero-order valence-electron chi connectivity index (χ0n) is 11.4. The molecule has 0 N–H and O–H groups in total. The van der Waals surface area contributed by atoms with E-state index in [2.05, 4.69) is 0 Å². The van der Waals surface area contributed by atoms with Crippen molar-refractivity contribution in [2.24, 2.45) is 0 Å². The number of para-hydroxylation sites is 2. The van der Waals surface area contributed by atoms with E-state index in [1.165, 1.54) is 0 Å². The molecule has 0 atom stereocenters. The van der Waals surface area contributed by atoms with Crippen molar-refractivity contribution in [3.05, 3.63) is 59.2 Å². The minimum Gasteiger partial charge on any atom is -0.493 e. The Hall–Kier alpha value is -2.29. The second-order valence-corrected chi connectivity index (χ2v) is 4.65. The number of carbonyl (C=O) groups excluding carboxylic acids is 1. The Kier molecular flexibility index (Phi) is 3.42. The van der Waals surface area contributed by atoms with E-state index in [1.807, 2.05) is 43.3 Å². The lowest BCUT2D eigenvalue weighted by molar-refractivity contribution is 0.103. The highest BCUT2D eigenvalue weighted by molar-refractivity contribution is 6.12. The van der Waals surface area contributed by atoms with E-state index in [1.54, 1.807) is 6.07 Å². The van der Waals surface area contributed by atoms with Gasteiger partial charge in [-0.2, -0.15) is 0 Å². The number of hydrogen-bond donors (Lipinski definition) is 0. The highest BCUT2D eigenvalue weighted by atomic mass is 16.5. The van der Waals surface area contributed by atoms with Gasteiger partial charge in [-0.3, -0.25) is 4.79 Å². The van der Waals surface area contributed by atoms with Crippen molar-refractivity contribution in [3.8, 4) is 11.5 Å². The maximum Gasteiger partial charge on any atom is 0.200 e. The molecule has 3 nitrogen and oxygen atoms in total. The first-order chi connectivity index (χ1) is 9.81. The summed E-state index contributed by atoms with van der Waals surface area (Å²) in [5.74, 6) is 1.30. The molecule has 1 aliphatic rings. The summed E-state index contributed by atoms with van der Waals surface area (Å²) in [4.78, 5) is 12.7. The number of rotatable bonds is 4. The number of hydrogen-bond acceptors (Lipinski definition) is 3. The van der Waals surface area contributed by atoms with Crippen LogP contribution in [-0.2, 0) is 6.42 Å². The van der Waals surface area contributed by atoms with Gasteiger partial charge in [0.15, 0.2) is 5.78 Å². The van der Waals surface area contributed by atoms with Crippen molar-refractivity contribution in [3.63, 3.8) is 0 Å². The molecule has 1 heterocycles. The Bertz CT molecular complexity index is 646. The Morgan fingerprint density at radius 3 is 2.80 bits per heavy atom. The van der Waals surface area contributed by atoms with Gasteiger partial charge in [0.25, 0.3) is 0 Å². The summed E-state index contributed by atoms with van der Waals surface area (Å²) in [5.41, 5.74) is 2.30. The molecule has 3 heteroatoms. The average Bonchev–Trinajstić information content (AvgIpc) is 2.96. The van der Waals surface area contributed by atoms with Gasteiger partial charge in [-0.25, -0.2) is 0 Å². The smallest absolute Gasteiger partial charge is 0.200 e. The number of fused-ring (bicyclic) bond motifs is 1. The van der Waals surface area contributed by atoms with Crippen molar-refractivity contribution in [1.29, 1.82) is 0 Å². The van der Waals surface area contributed by atoms with E-state index < -0.39 is 0 Å². The van der Waals surface area contributed by atoms with Crippen LogP contribution in [0.15, 0.2) is 42.5 Å². The summed E-state index contributed by atoms with van der Waals surface area (Å²) in [6, 6.07) is 13.1. The highest BCUT2D eigenvalue weighted by Crippen LogP contribution is 2.32. The van der Waals surface area contributed by atoms with Crippen LogP contribution in [0.4, 0.5) is 0 Å². The second kappa shape index (κ2) is 5.37. The van der Waals surface area contributed by atoms with Crippen LogP contribution in [0.1, 0.15) is 28.4 Å². The van der Waals surface area contributed by atoms with E-state index in [-0.39, 0.29) is 5.78 Å². The zero-order valence-corrected chi connectivity index (χ0v) is 11.4. The molecule has 0 amide bonds. The maximum atomic E-state index is 12.7. The molecule has 2 aromatic rings. The van der Waals surface area contributed by atoms with Crippen molar-refractivity contribution >= 4 is 5.78 Å². The molecular weight excluding hydrogens is 252 g/mol. The molecule has 0 aliphatic carbocycles. The van der Waals surface area contributed by atoms with Crippen LogP contribution >= 0.6 is 0 Å². The zero-order chi connectivity index (χ0) is 13.9. The van der Waals surface area contributed by atoms with Gasteiger partial charge >= 0.3 is 0 Å². The molecular formula is C17H16O3. The summed E-state index contributed by atoms with van der Waals surface area (Å²) >= 11 is 0. The van der Waals surface area contributed by atoms with Gasteiger partial charge in [0.1, 0.15) is 11.5 Å². The van der Waals surface area contributed by atoms with Gasteiger partial charge in [0.2, 0.25) is 0 Å². The Morgan fingerprint density at radius 1 is 1.15 bits per heavy atom. The molecule has 0 radical (unpaired) electrons. The second-order valence-electron chi connectivity index (χ2n) is 4.65. The van der Waals surface area contributed by atoms with Crippen LogP contribution in [0, 0.1) is 0 Å². The SMILES string of the molecule is CCOc1ccccc1C(=O)c1cccc2c1OCC2. The van der Waals surface area contributed by atoms with E-state index in [0.717, 1.165) is 17.7 Å². The van der Waals surface area contributed by atoms with Crippen LogP contribution in [0.25, 0.3) is 0 Å². The molecule has 0 spiro atoms. The summed E-state index contributed by atoms with van der Waals surface area (Å²) in [6.45, 7) is 3.09. The molecule has 0 bridgehead atoms. The molecule has 3 rings (SSSR count). The first kappa shape index (κ1) is 12.7. The van der Waals surface area contributed by atoms with E-state index >= 15 is 0 Å². The Balaban J connectivity index is 2.04. The topological polar surface area (TPSA) is 35.5 Å². The fourth-order valence-electron chi connectivity index (χ4n) is 2.47. The lowest BCUT2D eigenvalue weighted by atomic mass is 9.99. The standard InChI is InChI=1S/C17H16O3/c1-2-19-15-9-4-3-7-13(15)16(18)14-8-5-6-12-10-11-20-17(12)14/h3-9H,2,10-11H2,1H3. The van der Waals surface area contributed by atoms with Crippen LogP contribution in [0.2, 0.25) is 0 Å². The van der Waals surface area contributed by atoms with Gasteiger partial charge in [-0.15, -0.1) is 0 Å². The lowest BCUT2D eigenvalue weighted by Crippen LogP contribution is -2.06. The monoisotopic (exact) mass is 268 g/mol. The Labute approximate surface area is 118 Å². The van der Waals surface area contributed by atoms with Crippen LogP contribution in [0.3, 0.4) is 0 Å². The van der Waals surface area contributed by atoms with Crippen LogP contribution in [0.5, 0.6) is 11.5 Å². The predicted octanol–water partition coefficient (Wildman–Crippen LogP) is 3.25. The van der Waals surface area contributed by atoms with Crippen molar-refractivity contribution in [2.75, 3.05) is 13.2 Å². The number of carbonyl (C=O) groups is 1. The molecule has 0 aromatic heterocycles. The van der Waals surface area contributed by atoms with Crippen LogP contribution < -0.4 is 9.47 Å². The molecule has 1 aliphatic heterocycles. The summed E-state index contributed by atoms with van der Waals surface area (Å²) in [5, 5.41) is 0. The third-order valence-corrected chi connectivity index (χ3v) is 3.39. The molecule has 0 unspecified atom stereocenters. The first-order valence-corrected chi connectivity index (χ1v) is 6.82. The van der Waals surface area contributed by atoms with Gasteiger partial charge in [0, 0.05) is 6.42 Å². The largest absolute Gasteiger partial charge is 0.493 e. The van der Waals surface area contributed by atoms with Crippen molar-refractivity contribution in [1.82, 2.24) is 0 Å². The molecule has 0 saturated heterocycles. The number of ether oxygens (including phenoxy) is 2. The summed E-state index contributed by atoms with van der Waals surface area (Å²) in [6.07, 6.45) is 0.865. The van der Waals surface area contributed by atoms with Gasteiger partial charge in [0.05, 0.1) is 24.3 Å². The first-order valence-electron chi connectivity index (χ1n) is 6.82. The van der Waals surface area contributed by atoms with E-state index in [9.17, 15) is 4.79 Å². The lowest BCUT2D eigenvalue weighted by Gasteiger charge is -2.11. The molecule has 0 saturated carbocycles. The fraction of sp³-hybridized carbons (Fsp3) is 0.235.